The van der Waals surface area contributed by atoms with Crippen LogP contribution < -0.4 is 4.72 Å². The molecule has 27 heavy (non-hydrogen) atoms. The Morgan fingerprint density at radius 1 is 1.15 bits per heavy atom. The van der Waals surface area contributed by atoms with Gasteiger partial charge in [0.15, 0.2) is 0 Å². The molecule has 2 aromatic heterocycles. The number of nitrogens with zero attached hydrogens (tertiary/aromatic N) is 2. The first-order valence-electron chi connectivity index (χ1n) is 8.58. The first-order chi connectivity index (χ1) is 13.0. The number of hydrogen-bond donors (Lipinski definition) is 1. The van der Waals surface area contributed by atoms with E-state index in [0.717, 1.165) is 23.6 Å². The van der Waals surface area contributed by atoms with Gasteiger partial charge in [0.25, 0.3) is 15.9 Å². The van der Waals surface area contributed by atoms with E-state index in [1.807, 2.05) is 30.2 Å². The number of fused-ring (bicyclic) bond motifs is 1. The summed E-state index contributed by atoms with van der Waals surface area (Å²) in [5, 5.41) is 1.71. The van der Waals surface area contributed by atoms with Gasteiger partial charge in [0.1, 0.15) is 4.21 Å². The Bertz CT molecular complexity index is 1070. The van der Waals surface area contributed by atoms with Crippen molar-refractivity contribution in [2.45, 2.75) is 23.7 Å². The Kier molecular flexibility index (Phi) is 4.53. The molecule has 8 heteroatoms. The molecule has 3 heterocycles. The molecule has 0 radical (unpaired) electrons. The number of sulfonamides is 1. The maximum absolute atomic E-state index is 13.0. The number of aromatic nitrogens is 1. The summed E-state index contributed by atoms with van der Waals surface area (Å²) >= 11 is 1.15. The first-order valence-corrected chi connectivity index (χ1v) is 10.9. The third kappa shape index (κ3) is 3.38. The lowest BCUT2D eigenvalue weighted by molar-refractivity contribution is 0.0644. The van der Waals surface area contributed by atoms with Crippen molar-refractivity contribution in [2.75, 3.05) is 11.3 Å². The van der Waals surface area contributed by atoms with Crippen LogP contribution in [0.1, 0.15) is 29.0 Å². The zero-order valence-corrected chi connectivity index (χ0v) is 16.3. The highest BCUT2D eigenvalue weighted by Crippen LogP contribution is 2.28. The molecule has 1 aliphatic rings. The van der Waals surface area contributed by atoms with Gasteiger partial charge < -0.3 is 9.47 Å². The van der Waals surface area contributed by atoms with E-state index in [0.29, 0.717) is 17.8 Å². The SMILES string of the molecule is CC1c2cccn2CCN1C(=O)c1cccc(NS(=O)(=O)c2cccs2)c1. The summed E-state index contributed by atoms with van der Waals surface area (Å²) in [6.07, 6.45) is 2.02. The third-order valence-corrected chi connectivity index (χ3v) is 7.50. The molecular weight excluding hydrogens is 382 g/mol. The molecule has 0 bridgehead atoms. The summed E-state index contributed by atoms with van der Waals surface area (Å²) in [5.41, 5.74) is 1.94. The average Bonchev–Trinajstić information content (AvgIpc) is 3.34. The fraction of sp³-hybridized carbons (Fsp3) is 0.211. The van der Waals surface area contributed by atoms with Crippen LogP contribution in [0.25, 0.3) is 0 Å². The lowest BCUT2D eigenvalue weighted by atomic mass is 10.1. The second kappa shape index (κ2) is 6.86. The summed E-state index contributed by atoms with van der Waals surface area (Å²) in [5.74, 6) is -0.105. The van der Waals surface area contributed by atoms with Gasteiger partial charge in [-0.2, -0.15) is 0 Å². The molecule has 0 aliphatic carbocycles. The Hall–Kier alpha value is -2.58. The quantitative estimate of drug-likeness (QED) is 0.726. The average molecular weight is 402 g/mol. The van der Waals surface area contributed by atoms with Gasteiger partial charge in [-0.25, -0.2) is 8.42 Å². The largest absolute Gasteiger partial charge is 0.348 e. The summed E-state index contributed by atoms with van der Waals surface area (Å²) < 4.78 is 29.8. The van der Waals surface area contributed by atoms with Crippen molar-refractivity contribution in [2.24, 2.45) is 0 Å². The van der Waals surface area contributed by atoms with Gasteiger partial charge in [0, 0.05) is 36.2 Å². The van der Waals surface area contributed by atoms with E-state index < -0.39 is 10.0 Å². The van der Waals surface area contributed by atoms with Crippen molar-refractivity contribution >= 4 is 33.0 Å². The monoisotopic (exact) mass is 401 g/mol. The van der Waals surface area contributed by atoms with Crippen LogP contribution in [0.4, 0.5) is 5.69 Å². The zero-order valence-electron chi connectivity index (χ0n) is 14.7. The molecule has 0 saturated carbocycles. The Balaban J connectivity index is 1.57. The lowest BCUT2D eigenvalue weighted by Gasteiger charge is -2.35. The van der Waals surface area contributed by atoms with Crippen molar-refractivity contribution in [3.8, 4) is 0 Å². The van der Waals surface area contributed by atoms with E-state index in [-0.39, 0.29) is 16.2 Å². The van der Waals surface area contributed by atoms with Crippen LogP contribution in [0.15, 0.2) is 64.3 Å². The van der Waals surface area contributed by atoms with Crippen LogP contribution in [-0.2, 0) is 16.6 Å². The number of rotatable bonds is 4. The number of hydrogen-bond acceptors (Lipinski definition) is 4. The van der Waals surface area contributed by atoms with Gasteiger partial charge in [-0.1, -0.05) is 12.1 Å². The predicted molar refractivity (Wildman–Crippen MR) is 105 cm³/mol. The third-order valence-electron chi connectivity index (χ3n) is 4.72. The van der Waals surface area contributed by atoms with Crippen LogP contribution in [-0.4, -0.2) is 30.3 Å². The number of nitrogens with one attached hydrogen (secondary N) is 1. The van der Waals surface area contributed by atoms with E-state index in [2.05, 4.69) is 9.29 Å². The van der Waals surface area contributed by atoms with E-state index >= 15 is 0 Å². The number of carbonyl (C=O) groups excluding carboxylic acids is 1. The molecule has 4 rings (SSSR count). The van der Waals surface area contributed by atoms with E-state index in [4.69, 9.17) is 0 Å². The van der Waals surface area contributed by atoms with Crippen LogP contribution >= 0.6 is 11.3 Å². The molecule has 1 aromatic carbocycles. The molecular formula is C19H19N3O3S2. The molecule has 1 aliphatic heterocycles. The smallest absolute Gasteiger partial charge is 0.271 e. The fourth-order valence-corrected chi connectivity index (χ4v) is 5.40. The summed E-state index contributed by atoms with van der Waals surface area (Å²) in [6.45, 7) is 3.38. The minimum Gasteiger partial charge on any atom is -0.348 e. The van der Waals surface area contributed by atoms with Crippen molar-refractivity contribution in [1.29, 1.82) is 0 Å². The van der Waals surface area contributed by atoms with Crippen LogP contribution in [0.5, 0.6) is 0 Å². The predicted octanol–water partition coefficient (Wildman–Crippen LogP) is 3.57. The first kappa shape index (κ1) is 17.8. The molecule has 3 aromatic rings. The Labute approximate surface area is 162 Å². The number of amides is 1. The highest BCUT2D eigenvalue weighted by Gasteiger charge is 2.28. The molecule has 1 unspecified atom stereocenters. The molecule has 0 spiro atoms. The minimum absolute atomic E-state index is 0.0345. The molecule has 140 valence electrons. The second-order valence-electron chi connectivity index (χ2n) is 6.42. The normalized spacial score (nSPS) is 16.8. The number of carbonyl (C=O) groups is 1. The number of anilines is 1. The molecule has 1 atom stereocenters. The van der Waals surface area contributed by atoms with Gasteiger partial charge in [-0.05, 0) is 48.7 Å². The molecule has 6 nitrogen and oxygen atoms in total. The molecule has 0 fully saturated rings. The van der Waals surface area contributed by atoms with Crippen molar-refractivity contribution in [3.63, 3.8) is 0 Å². The number of thiophene rings is 1. The van der Waals surface area contributed by atoms with Crippen molar-refractivity contribution < 1.29 is 13.2 Å². The topological polar surface area (TPSA) is 71.4 Å². The number of benzene rings is 1. The van der Waals surface area contributed by atoms with Gasteiger partial charge in [0.05, 0.1) is 6.04 Å². The highest BCUT2D eigenvalue weighted by molar-refractivity contribution is 7.94. The standard InChI is InChI=1S/C19H19N3O3S2/c1-14-17-7-3-9-21(17)10-11-22(14)19(23)15-5-2-6-16(13-15)20-27(24,25)18-8-4-12-26-18/h2-9,12-14,20H,10-11H2,1H3. The maximum Gasteiger partial charge on any atom is 0.271 e. The van der Waals surface area contributed by atoms with Gasteiger partial charge in [-0.3, -0.25) is 9.52 Å². The van der Waals surface area contributed by atoms with Crippen LogP contribution in [0.3, 0.4) is 0 Å². The lowest BCUT2D eigenvalue weighted by Crippen LogP contribution is -2.40. The second-order valence-corrected chi connectivity index (χ2v) is 9.28. The van der Waals surface area contributed by atoms with E-state index in [9.17, 15) is 13.2 Å². The van der Waals surface area contributed by atoms with Gasteiger partial charge >= 0.3 is 0 Å². The van der Waals surface area contributed by atoms with Crippen LogP contribution in [0.2, 0.25) is 0 Å². The van der Waals surface area contributed by atoms with E-state index in [1.54, 1.807) is 41.8 Å². The van der Waals surface area contributed by atoms with E-state index in [1.165, 1.54) is 0 Å². The highest BCUT2D eigenvalue weighted by atomic mass is 32.2. The summed E-state index contributed by atoms with van der Waals surface area (Å²) in [4.78, 5) is 14.9. The zero-order chi connectivity index (χ0) is 19.0. The molecule has 1 amide bonds. The minimum atomic E-state index is -3.64. The summed E-state index contributed by atoms with van der Waals surface area (Å²) in [6, 6.07) is 13.9. The van der Waals surface area contributed by atoms with Crippen molar-refractivity contribution in [1.82, 2.24) is 9.47 Å². The maximum atomic E-state index is 13.0. The van der Waals surface area contributed by atoms with Crippen molar-refractivity contribution in [3.05, 3.63) is 71.4 Å². The Morgan fingerprint density at radius 2 is 2.00 bits per heavy atom. The van der Waals surface area contributed by atoms with Crippen LogP contribution in [0, 0.1) is 0 Å². The van der Waals surface area contributed by atoms with Gasteiger partial charge in [-0.15, -0.1) is 11.3 Å². The van der Waals surface area contributed by atoms with Gasteiger partial charge in [0.2, 0.25) is 0 Å². The molecule has 1 N–H and O–H groups in total. The fourth-order valence-electron chi connectivity index (χ4n) is 3.36. The Morgan fingerprint density at radius 3 is 2.78 bits per heavy atom. The molecule has 0 saturated heterocycles. The summed E-state index contributed by atoms with van der Waals surface area (Å²) in [7, 11) is -3.64.